The van der Waals surface area contributed by atoms with Gasteiger partial charge in [-0.15, -0.1) is 0 Å². The lowest BCUT2D eigenvalue weighted by Crippen LogP contribution is -2.41. The lowest BCUT2D eigenvalue weighted by Gasteiger charge is -2.37. The van der Waals surface area contributed by atoms with Gasteiger partial charge in [0.1, 0.15) is 17.7 Å². The Morgan fingerprint density at radius 3 is 2.91 bits per heavy atom. The summed E-state index contributed by atoms with van der Waals surface area (Å²) in [4.78, 5) is 20.5. The van der Waals surface area contributed by atoms with Crippen LogP contribution in [-0.2, 0) is 0 Å². The third-order valence-corrected chi connectivity index (χ3v) is 3.84. The number of para-hydroxylation sites is 1. The van der Waals surface area contributed by atoms with Crippen molar-refractivity contribution in [3.05, 3.63) is 53.6 Å². The first-order chi connectivity index (χ1) is 10.5. The second-order valence-corrected chi connectivity index (χ2v) is 6.15. The van der Waals surface area contributed by atoms with Crippen LogP contribution in [-0.4, -0.2) is 21.5 Å². The first kappa shape index (κ1) is 14.5. The third-order valence-electron chi connectivity index (χ3n) is 3.84. The standard InChI is InChI=1S/C17H19N3O2/c1-11-13(9-18-10-19-11)16(21)20-14-8-17(2,3)22-15-7-5-4-6-12(14)15/h4-7,9-10,14H,8H2,1-3H3,(H,20,21)/t14-/m1/s1. The molecule has 1 aromatic heterocycles. The minimum Gasteiger partial charge on any atom is -0.487 e. The predicted octanol–water partition coefficient (Wildman–Crippen LogP) is 2.82. The monoisotopic (exact) mass is 297 g/mol. The van der Waals surface area contributed by atoms with E-state index in [4.69, 9.17) is 4.74 Å². The van der Waals surface area contributed by atoms with Gasteiger partial charge < -0.3 is 10.1 Å². The van der Waals surface area contributed by atoms with Crippen LogP contribution in [0.25, 0.3) is 0 Å². The van der Waals surface area contributed by atoms with Gasteiger partial charge in [0.2, 0.25) is 0 Å². The van der Waals surface area contributed by atoms with E-state index in [-0.39, 0.29) is 17.6 Å². The van der Waals surface area contributed by atoms with Gasteiger partial charge in [-0.1, -0.05) is 18.2 Å². The van der Waals surface area contributed by atoms with Gasteiger partial charge in [-0.25, -0.2) is 9.97 Å². The van der Waals surface area contributed by atoms with E-state index in [9.17, 15) is 4.79 Å². The molecule has 0 saturated heterocycles. The highest BCUT2D eigenvalue weighted by Gasteiger charge is 2.34. The van der Waals surface area contributed by atoms with Crippen LogP contribution >= 0.6 is 0 Å². The number of hydrogen-bond acceptors (Lipinski definition) is 4. The fraction of sp³-hybridized carbons (Fsp3) is 0.353. The molecule has 0 bridgehead atoms. The Hall–Kier alpha value is -2.43. The van der Waals surface area contributed by atoms with Crippen molar-refractivity contribution in [2.45, 2.75) is 38.8 Å². The zero-order valence-corrected chi connectivity index (χ0v) is 13.0. The summed E-state index contributed by atoms with van der Waals surface area (Å²) in [6, 6.07) is 7.73. The Bertz CT molecular complexity index is 713. The van der Waals surface area contributed by atoms with E-state index >= 15 is 0 Å². The van der Waals surface area contributed by atoms with Crippen LogP contribution in [0.1, 0.15) is 47.9 Å². The van der Waals surface area contributed by atoms with Crippen molar-refractivity contribution < 1.29 is 9.53 Å². The Labute approximate surface area is 129 Å². The molecule has 0 fully saturated rings. The van der Waals surface area contributed by atoms with Crippen molar-refractivity contribution in [3.8, 4) is 5.75 Å². The van der Waals surface area contributed by atoms with Gasteiger partial charge in [0.15, 0.2) is 0 Å². The minimum absolute atomic E-state index is 0.0907. The molecule has 1 N–H and O–H groups in total. The SMILES string of the molecule is Cc1ncncc1C(=O)N[C@@H]1CC(C)(C)Oc2ccccc21. The topological polar surface area (TPSA) is 64.1 Å². The molecule has 114 valence electrons. The van der Waals surface area contributed by atoms with Crippen molar-refractivity contribution in [1.29, 1.82) is 0 Å². The molecule has 1 aromatic carbocycles. The van der Waals surface area contributed by atoms with Gasteiger partial charge in [0, 0.05) is 18.2 Å². The zero-order valence-electron chi connectivity index (χ0n) is 13.0. The van der Waals surface area contributed by atoms with E-state index in [1.54, 1.807) is 13.1 Å². The summed E-state index contributed by atoms with van der Waals surface area (Å²) in [7, 11) is 0. The van der Waals surface area contributed by atoms with Gasteiger partial charge in [0.25, 0.3) is 5.91 Å². The molecule has 2 aromatic rings. The van der Waals surface area contributed by atoms with Crippen LogP contribution in [0, 0.1) is 6.92 Å². The van der Waals surface area contributed by atoms with Crippen LogP contribution in [0.15, 0.2) is 36.8 Å². The molecule has 1 aliphatic rings. The van der Waals surface area contributed by atoms with Crippen LogP contribution in [0.2, 0.25) is 0 Å². The fourth-order valence-corrected chi connectivity index (χ4v) is 2.78. The molecule has 0 radical (unpaired) electrons. The van der Waals surface area contributed by atoms with E-state index < -0.39 is 0 Å². The summed E-state index contributed by atoms with van der Waals surface area (Å²) in [5, 5.41) is 3.09. The summed E-state index contributed by atoms with van der Waals surface area (Å²) in [5.41, 5.74) is 1.86. The molecule has 2 heterocycles. The molecule has 0 spiro atoms. The highest BCUT2D eigenvalue weighted by atomic mass is 16.5. The Morgan fingerprint density at radius 1 is 1.36 bits per heavy atom. The fourth-order valence-electron chi connectivity index (χ4n) is 2.78. The van der Waals surface area contributed by atoms with Gasteiger partial charge in [0.05, 0.1) is 17.3 Å². The first-order valence-corrected chi connectivity index (χ1v) is 7.32. The number of benzene rings is 1. The molecular weight excluding hydrogens is 278 g/mol. The van der Waals surface area contributed by atoms with Crippen molar-refractivity contribution >= 4 is 5.91 Å². The molecule has 1 aliphatic heterocycles. The first-order valence-electron chi connectivity index (χ1n) is 7.32. The predicted molar refractivity (Wildman–Crippen MR) is 82.7 cm³/mol. The van der Waals surface area contributed by atoms with Crippen molar-refractivity contribution in [3.63, 3.8) is 0 Å². The van der Waals surface area contributed by atoms with Crippen molar-refractivity contribution in [2.24, 2.45) is 0 Å². The number of rotatable bonds is 2. The normalized spacial score (nSPS) is 19.0. The van der Waals surface area contributed by atoms with E-state index in [2.05, 4.69) is 15.3 Å². The van der Waals surface area contributed by atoms with Crippen molar-refractivity contribution in [2.75, 3.05) is 0 Å². The van der Waals surface area contributed by atoms with Gasteiger partial charge in [-0.2, -0.15) is 0 Å². The van der Waals surface area contributed by atoms with Crippen LogP contribution in [0.5, 0.6) is 5.75 Å². The van der Waals surface area contributed by atoms with Gasteiger partial charge in [-0.05, 0) is 26.8 Å². The number of amides is 1. The highest BCUT2D eigenvalue weighted by Crippen LogP contribution is 2.39. The van der Waals surface area contributed by atoms with Crippen molar-refractivity contribution in [1.82, 2.24) is 15.3 Å². The number of aryl methyl sites for hydroxylation is 1. The number of hydrogen-bond donors (Lipinski definition) is 1. The second-order valence-electron chi connectivity index (χ2n) is 6.15. The number of fused-ring (bicyclic) bond motifs is 1. The number of ether oxygens (including phenoxy) is 1. The van der Waals surface area contributed by atoms with Crippen LogP contribution in [0.4, 0.5) is 0 Å². The maximum absolute atomic E-state index is 12.5. The molecule has 0 aliphatic carbocycles. The number of carbonyl (C=O) groups is 1. The number of carbonyl (C=O) groups excluding carboxylic acids is 1. The number of aromatic nitrogens is 2. The van der Waals surface area contributed by atoms with E-state index in [1.165, 1.54) is 6.33 Å². The summed E-state index contributed by atoms with van der Waals surface area (Å²) in [6.07, 6.45) is 3.70. The average Bonchev–Trinajstić information content (AvgIpc) is 2.46. The third kappa shape index (κ3) is 2.79. The second kappa shape index (κ2) is 5.40. The van der Waals surface area contributed by atoms with E-state index in [0.717, 1.165) is 11.3 Å². The average molecular weight is 297 g/mol. The van der Waals surface area contributed by atoms with Gasteiger partial charge >= 0.3 is 0 Å². The lowest BCUT2D eigenvalue weighted by atomic mass is 9.89. The molecule has 22 heavy (non-hydrogen) atoms. The van der Waals surface area contributed by atoms with E-state index in [1.807, 2.05) is 38.1 Å². The minimum atomic E-state index is -0.325. The molecule has 1 atom stereocenters. The van der Waals surface area contributed by atoms with Crippen LogP contribution < -0.4 is 10.1 Å². The highest BCUT2D eigenvalue weighted by molar-refractivity contribution is 5.95. The number of nitrogens with one attached hydrogen (secondary N) is 1. The zero-order chi connectivity index (χ0) is 15.7. The summed E-state index contributed by atoms with van der Waals surface area (Å²) in [5.74, 6) is 0.667. The molecule has 1 amide bonds. The van der Waals surface area contributed by atoms with Crippen LogP contribution in [0.3, 0.4) is 0 Å². The Balaban J connectivity index is 1.89. The smallest absolute Gasteiger partial charge is 0.255 e. The molecule has 5 heteroatoms. The Kier molecular flexibility index (Phi) is 3.56. The van der Waals surface area contributed by atoms with Gasteiger partial charge in [-0.3, -0.25) is 4.79 Å². The maximum atomic E-state index is 12.5. The molecule has 0 saturated carbocycles. The lowest BCUT2D eigenvalue weighted by molar-refractivity contribution is 0.0619. The quantitative estimate of drug-likeness (QED) is 0.925. The Morgan fingerprint density at radius 2 is 2.14 bits per heavy atom. The summed E-state index contributed by atoms with van der Waals surface area (Å²) < 4.78 is 5.98. The molecule has 0 unspecified atom stereocenters. The maximum Gasteiger partial charge on any atom is 0.255 e. The molecule has 5 nitrogen and oxygen atoms in total. The molecular formula is C17H19N3O2. The largest absolute Gasteiger partial charge is 0.487 e. The summed E-state index contributed by atoms with van der Waals surface area (Å²) in [6.45, 7) is 5.86. The summed E-state index contributed by atoms with van der Waals surface area (Å²) >= 11 is 0. The molecule has 3 rings (SSSR count). The van der Waals surface area contributed by atoms with E-state index in [0.29, 0.717) is 17.7 Å². The number of nitrogens with zero attached hydrogens (tertiary/aromatic N) is 2.